The molecule has 1 saturated heterocycles. The molecule has 30 heavy (non-hydrogen) atoms. The number of anilines is 1. The first-order valence-corrected chi connectivity index (χ1v) is 11.0. The number of hydrogen-bond acceptors (Lipinski definition) is 5. The lowest BCUT2D eigenvalue weighted by Crippen LogP contribution is -2.36. The molecule has 0 unspecified atom stereocenters. The molecule has 0 N–H and O–H groups in total. The third-order valence-corrected chi connectivity index (χ3v) is 6.49. The molecule has 1 aromatic carbocycles. The van der Waals surface area contributed by atoms with E-state index in [1.54, 1.807) is 11.9 Å². The van der Waals surface area contributed by atoms with Crippen LogP contribution in [0.2, 0.25) is 0 Å². The van der Waals surface area contributed by atoms with Gasteiger partial charge in [-0.25, -0.2) is 9.97 Å². The maximum atomic E-state index is 5.51. The molecule has 0 bridgehead atoms. The van der Waals surface area contributed by atoms with Crippen LogP contribution in [0.5, 0.6) is 0 Å². The zero-order chi connectivity index (χ0) is 20.5. The summed E-state index contributed by atoms with van der Waals surface area (Å²) in [7, 11) is 0. The molecule has 0 saturated carbocycles. The van der Waals surface area contributed by atoms with E-state index in [2.05, 4.69) is 71.3 Å². The Bertz CT molecular complexity index is 1180. The van der Waals surface area contributed by atoms with Gasteiger partial charge in [-0.15, -0.1) is 0 Å². The van der Waals surface area contributed by atoms with Crippen LogP contribution in [0.4, 0.5) is 5.82 Å². The average molecular weight is 417 g/mol. The molecule has 0 aliphatic carbocycles. The summed E-state index contributed by atoms with van der Waals surface area (Å²) in [6.07, 6.45) is 1.91. The lowest BCUT2D eigenvalue weighted by atomic mass is 10.0. The standard InChI is InChI=1S/C24H24N4OS/c1-17-14-19(16-23(26-17)27-10-12-29-13-11-27)21-8-9-25-24-22(21)15-18(2)28(24)30-20-6-4-3-5-7-20/h3-9,14-16H,10-13H2,1-2H3. The molecule has 6 heteroatoms. The summed E-state index contributed by atoms with van der Waals surface area (Å²) < 4.78 is 7.72. The van der Waals surface area contributed by atoms with Crippen molar-refractivity contribution in [3.8, 4) is 11.1 Å². The minimum atomic E-state index is 0.753. The lowest BCUT2D eigenvalue weighted by molar-refractivity contribution is 0.122. The van der Waals surface area contributed by atoms with Crippen LogP contribution in [0.3, 0.4) is 0 Å². The van der Waals surface area contributed by atoms with E-state index in [9.17, 15) is 0 Å². The molecular formula is C24H24N4OS. The number of pyridine rings is 2. The van der Waals surface area contributed by atoms with Crippen molar-refractivity contribution < 1.29 is 4.74 Å². The third-order valence-electron chi connectivity index (χ3n) is 5.36. The number of rotatable bonds is 4. The zero-order valence-corrected chi connectivity index (χ0v) is 18.0. The number of aromatic nitrogens is 3. The summed E-state index contributed by atoms with van der Waals surface area (Å²) >= 11 is 1.70. The van der Waals surface area contributed by atoms with Gasteiger partial charge in [-0.1, -0.05) is 18.2 Å². The smallest absolute Gasteiger partial charge is 0.151 e. The van der Waals surface area contributed by atoms with Gasteiger partial charge in [-0.2, -0.15) is 0 Å². The predicted molar refractivity (Wildman–Crippen MR) is 123 cm³/mol. The molecule has 5 nitrogen and oxygen atoms in total. The van der Waals surface area contributed by atoms with E-state index >= 15 is 0 Å². The number of hydrogen-bond donors (Lipinski definition) is 0. The number of fused-ring (bicyclic) bond motifs is 1. The molecule has 152 valence electrons. The summed E-state index contributed by atoms with van der Waals surface area (Å²) in [5.74, 6) is 1.02. The Labute approximate surface area is 180 Å². The van der Waals surface area contributed by atoms with E-state index in [4.69, 9.17) is 14.7 Å². The second-order valence-corrected chi connectivity index (χ2v) is 8.55. The van der Waals surface area contributed by atoms with Crippen molar-refractivity contribution in [2.75, 3.05) is 31.2 Å². The minimum absolute atomic E-state index is 0.753. The van der Waals surface area contributed by atoms with Crippen molar-refractivity contribution in [2.24, 2.45) is 0 Å². The van der Waals surface area contributed by atoms with E-state index < -0.39 is 0 Å². The zero-order valence-electron chi connectivity index (χ0n) is 17.2. The Morgan fingerprint density at radius 2 is 1.77 bits per heavy atom. The van der Waals surface area contributed by atoms with Crippen molar-refractivity contribution in [3.63, 3.8) is 0 Å². The van der Waals surface area contributed by atoms with Crippen molar-refractivity contribution in [3.05, 3.63) is 72.2 Å². The van der Waals surface area contributed by atoms with Crippen molar-refractivity contribution in [1.82, 2.24) is 13.9 Å². The van der Waals surface area contributed by atoms with E-state index in [0.717, 1.165) is 48.8 Å². The fraction of sp³-hybridized carbons (Fsp3) is 0.250. The van der Waals surface area contributed by atoms with Crippen LogP contribution in [0.1, 0.15) is 11.4 Å². The molecule has 1 aliphatic rings. The van der Waals surface area contributed by atoms with Gasteiger partial charge in [0.05, 0.1) is 13.2 Å². The fourth-order valence-corrected chi connectivity index (χ4v) is 4.83. The van der Waals surface area contributed by atoms with Gasteiger partial charge in [-0.3, -0.25) is 3.97 Å². The van der Waals surface area contributed by atoms with Gasteiger partial charge >= 0.3 is 0 Å². The third kappa shape index (κ3) is 3.68. The van der Waals surface area contributed by atoms with Crippen molar-refractivity contribution in [1.29, 1.82) is 0 Å². The molecule has 0 amide bonds. The van der Waals surface area contributed by atoms with E-state index in [0.29, 0.717) is 0 Å². The Morgan fingerprint density at radius 3 is 2.57 bits per heavy atom. The highest BCUT2D eigenvalue weighted by atomic mass is 32.2. The monoisotopic (exact) mass is 416 g/mol. The fourth-order valence-electron chi connectivity index (χ4n) is 3.92. The van der Waals surface area contributed by atoms with Gasteiger partial charge < -0.3 is 9.64 Å². The first kappa shape index (κ1) is 19.2. The Balaban J connectivity index is 1.58. The molecule has 0 radical (unpaired) electrons. The highest BCUT2D eigenvalue weighted by Crippen LogP contribution is 2.35. The van der Waals surface area contributed by atoms with Gasteiger partial charge in [0.2, 0.25) is 0 Å². The van der Waals surface area contributed by atoms with Gasteiger partial charge in [0.1, 0.15) is 5.82 Å². The first-order chi connectivity index (χ1) is 14.7. The second-order valence-electron chi connectivity index (χ2n) is 7.54. The molecule has 3 aromatic heterocycles. The van der Waals surface area contributed by atoms with Crippen LogP contribution in [-0.4, -0.2) is 40.2 Å². The highest BCUT2D eigenvalue weighted by Gasteiger charge is 2.17. The molecule has 4 heterocycles. The SMILES string of the molecule is Cc1cc(-c2ccnc3c2cc(C)n3Sc2ccccc2)cc(N2CCOCC2)n1. The van der Waals surface area contributed by atoms with Crippen molar-refractivity contribution in [2.45, 2.75) is 18.7 Å². The summed E-state index contributed by atoms with van der Waals surface area (Å²) in [5.41, 5.74) is 5.56. The van der Waals surface area contributed by atoms with E-state index in [1.807, 2.05) is 12.3 Å². The molecule has 5 rings (SSSR count). The average Bonchev–Trinajstić information content (AvgIpc) is 3.10. The van der Waals surface area contributed by atoms with Gasteiger partial charge in [0, 0.05) is 41.0 Å². The molecule has 0 spiro atoms. The lowest BCUT2D eigenvalue weighted by Gasteiger charge is -2.28. The van der Waals surface area contributed by atoms with Crippen LogP contribution in [-0.2, 0) is 4.74 Å². The first-order valence-electron chi connectivity index (χ1n) is 10.2. The summed E-state index contributed by atoms with van der Waals surface area (Å²) in [6, 6.07) is 19.1. The second kappa shape index (κ2) is 8.13. The van der Waals surface area contributed by atoms with Gasteiger partial charge in [-0.05, 0) is 73.3 Å². The van der Waals surface area contributed by atoms with E-state index in [1.165, 1.54) is 21.7 Å². The largest absolute Gasteiger partial charge is 0.378 e. The number of morpholine rings is 1. The van der Waals surface area contributed by atoms with Gasteiger partial charge in [0.25, 0.3) is 0 Å². The number of ether oxygens (including phenoxy) is 1. The quantitative estimate of drug-likeness (QED) is 0.463. The molecule has 4 aromatic rings. The topological polar surface area (TPSA) is 43.2 Å². The molecule has 1 aliphatic heterocycles. The van der Waals surface area contributed by atoms with Crippen LogP contribution in [0.25, 0.3) is 22.2 Å². The maximum absolute atomic E-state index is 5.51. The van der Waals surface area contributed by atoms with Crippen LogP contribution in [0.15, 0.2) is 65.7 Å². The minimum Gasteiger partial charge on any atom is -0.378 e. The summed E-state index contributed by atoms with van der Waals surface area (Å²) in [5, 5.41) is 1.16. The Hall–Kier alpha value is -2.83. The molecule has 1 fully saturated rings. The predicted octanol–water partition coefficient (Wildman–Crippen LogP) is 5.11. The van der Waals surface area contributed by atoms with Gasteiger partial charge in [0.15, 0.2) is 5.65 Å². The van der Waals surface area contributed by atoms with Crippen LogP contribution < -0.4 is 4.90 Å². The Morgan fingerprint density at radius 1 is 0.967 bits per heavy atom. The molecular weight excluding hydrogens is 392 g/mol. The summed E-state index contributed by atoms with van der Waals surface area (Å²) in [4.78, 5) is 13.0. The number of aryl methyl sites for hydroxylation is 2. The summed E-state index contributed by atoms with van der Waals surface area (Å²) in [6.45, 7) is 7.47. The van der Waals surface area contributed by atoms with Crippen molar-refractivity contribution >= 4 is 28.8 Å². The maximum Gasteiger partial charge on any atom is 0.151 e. The highest BCUT2D eigenvalue weighted by molar-refractivity contribution is 7.98. The van der Waals surface area contributed by atoms with Crippen LogP contribution in [0, 0.1) is 13.8 Å². The number of nitrogens with zero attached hydrogens (tertiary/aromatic N) is 4. The Kier molecular flexibility index (Phi) is 5.19. The molecule has 0 atom stereocenters. The normalized spacial score (nSPS) is 14.4. The number of benzene rings is 1. The van der Waals surface area contributed by atoms with E-state index in [-0.39, 0.29) is 0 Å². The van der Waals surface area contributed by atoms with Crippen LogP contribution >= 0.6 is 11.9 Å².